The molecule has 0 aliphatic heterocycles. The lowest BCUT2D eigenvalue weighted by atomic mass is 10.1. The number of hydrogen-bond acceptors (Lipinski definition) is 2. The second kappa shape index (κ2) is 5.82. The van der Waals surface area contributed by atoms with Crippen LogP contribution in [0.25, 0.3) is 11.3 Å². The lowest BCUT2D eigenvalue weighted by molar-refractivity contribution is 0.0949. The molecule has 0 saturated heterocycles. The summed E-state index contributed by atoms with van der Waals surface area (Å²) in [6, 6.07) is 11.5. The third kappa shape index (κ3) is 2.85. The monoisotopic (exact) mass is 241 g/mol. The van der Waals surface area contributed by atoms with Crippen LogP contribution in [-0.2, 0) is 0 Å². The van der Waals surface area contributed by atoms with Gasteiger partial charge in [0.05, 0.1) is 5.69 Å². The van der Waals surface area contributed by atoms with Crippen molar-refractivity contribution in [3.8, 4) is 11.3 Å². The minimum atomic E-state index is -0.147. The Morgan fingerprint density at radius 1 is 1.39 bits per heavy atom. The van der Waals surface area contributed by atoms with Crippen LogP contribution in [0.4, 0.5) is 0 Å². The first-order chi connectivity index (χ1) is 8.81. The number of H-pyrrole nitrogens is 1. The molecule has 0 radical (unpaired) electrons. The zero-order chi connectivity index (χ0) is 12.8. The van der Waals surface area contributed by atoms with Crippen LogP contribution in [0.1, 0.15) is 16.9 Å². The molecule has 2 N–H and O–H groups in total. The van der Waals surface area contributed by atoms with Crippen molar-refractivity contribution in [1.29, 1.82) is 0 Å². The molecule has 0 bridgehead atoms. The highest BCUT2D eigenvalue weighted by atomic mass is 16.1. The van der Waals surface area contributed by atoms with Crippen molar-refractivity contribution in [1.82, 2.24) is 15.5 Å². The third-order valence-electron chi connectivity index (χ3n) is 2.53. The van der Waals surface area contributed by atoms with Crippen molar-refractivity contribution in [2.24, 2.45) is 0 Å². The van der Waals surface area contributed by atoms with Gasteiger partial charge in [-0.25, -0.2) is 0 Å². The molecule has 0 unspecified atom stereocenters. The minimum absolute atomic E-state index is 0.147. The van der Waals surface area contributed by atoms with E-state index in [-0.39, 0.29) is 5.91 Å². The van der Waals surface area contributed by atoms with Crippen molar-refractivity contribution in [3.05, 3.63) is 54.7 Å². The molecule has 0 saturated carbocycles. The summed E-state index contributed by atoms with van der Waals surface area (Å²) in [7, 11) is 0. The smallest absolute Gasteiger partial charge is 0.269 e. The van der Waals surface area contributed by atoms with E-state index < -0.39 is 0 Å². The Kier molecular flexibility index (Phi) is 3.91. The van der Waals surface area contributed by atoms with E-state index in [1.54, 1.807) is 12.1 Å². The number of hydrogen-bond donors (Lipinski definition) is 2. The lowest BCUT2D eigenvalue weighted by Gasteiger charge is -1.99. The Bertz CT molecular complexity index is 531. The Hall–Kier alpha value is -2.36. The summed E-state index contributed by atoms with van der Waals surface area (Å²) >= 11 is 0. The molecule has 0 spiro atoms. The third-order valence-corrected chi connectivity index (χ3v) is 2.53. The van der Waals surface area contributed by atoms with Gasteiger partial charge >= 0.3 is 0 Å². The summed E-state index contributed by atoms with van der Waals surface area (Å²) in [4.78, 5) is 11.7. The van der Waals surface area contributed by atoms with Gasteiger partial charge in [-0.3, -0.25) is 9.89 Å². The Morgan fingerprint density at radius 2 is 2.17 bits per heavy atom. The molecule has 0 aliphatic rings. The standard InChI is InChI=1S/C14H15N3O/c1-2-3-9-15-14(18)13-10-12(16-17-13)11-7-5-4-6-8-11/h2,4-8,10H,1,3,9H2,(H,15,18)(H,16,17). The van der Waals surface area contributed by atoms with E-state index in [2.05, 4.69) is 22.1 Å². The van der Waals surface area contributed by atoms with Gasteiger partial charge in [-0.15, -0.1) is 6.58 Å². The summed E-state index contributed by atoms with van der Waals surface area (Å²) in [5.74, 6) is -0.147. The Labute approximate surface area is 106 Å². The van der Waals surface area contributed by atoms with E-state index in [1.165, 1.54) is 0 Å². The molecule has 2 aromatic rings. The molecule has 1 heterocycles. The first-order valence-corrected chi connectivity index (χ1v) is 5.81. The number of aromatic amines is 1. The van der Waals surface area contributed by atoms with Crippen molar-refractivity contribution in [2.75, 3.05) is 6.54 Å². The number of aromatic nitrogens is 2. The SMILES string of the molecule is C=CCCNC(=O)c1cc(-c2ccccc2)n[nH]1. The molecule has 18 heavy (non-hydrogen) atoms. The second-order valence-corrected chi connectivity index (χ2v) is 3.87. The second-order valence-electron chi connectivity index (χ2n) is 3.87. The predicted octanol–water partition coefficient (Wildman–Crippen LogP) is 2.38. The number of rotatable bonds is 5. The number of carbonyl (C=O) groups is 1. The summed E-state index contributed by atoms with van der Waals surface area (Å²) < 4.78 is 0. The largest absolute Gasteiger partial charge is 0.350 e. The molecule has 92 valence electrons. The molecule has 0 fully saturated rings. The zero-order valence-corrected chi connectivity index (χ0v) is 10.0. The maximum absolute atomic E-state index is 11.7. The lowest BCUT2D eigenvalue weighted by Crippen LogP contribution is -2.24. The summed E-state index contributed by atoms with van der Waals surface area (Å²) in [5.41, 5.74) is 2.22. The quantitative estimate of drug-likeness (QED) is 0.623. The summed E-state index contributed by atoms with van der Waals surface area (Å²) in [6.45, 7) is 4.19. The van der Waals surface area contributed by atoms with E-state index in [1.807, 2.05) is 30.3 Å². The predicted molar refractivity (Wildman–Crippen MR) is 71.2 cm³/mol. The van der Waals surface area contributed by atoms with Gasteiger partial charge in [0.1, 0.15) is 5.69 Å². The van der Waals surface area contributed by atoms with Gasteiger partial charge in [0.25, 0.3) is 5.91 Å². The fraction of sp³-hybridized carbons (Fsp3) is 0.143. The Balaban J connectivity index is 2.06. The molecule has 0 atom stereocenters. The average Bonchev–Trinajstić information content (AvgIpc) is 2.89. The molecular formula is C14H15N3O. The van der Waals surface area contributed by atoms with Gasteiger partial charge in [0, 0.05) is 12.1 Å². The van der Waals surface area contributed by atoms with Gasteiger partial charge in [-0.1, -0.05) is 36.4 Å². The Morgan fingerprint density at radius 3 is 2.89 bits per heavy atom. The first kappa shape index (κ1) is 12.1. The normalized spacial score (nSPS) is 10.0. The number of carbonyl (C=O) groups excluding carboxylic acids is 1. The summed E-state index contributed by atoms with van der Waals surface area (Å²) in [5, 5.41) is 9.66. The van der Waals surface area contributed by atoms with Crippen LogP contribution in [-0.4, -0.2) is 22.6 Å². The van der Waals surface area contributed by atoms with Crippen LogP contribution in [0.2, 0.25) is 0 Å². The highest BCUT2D eigenvalue weighted by Crippen LogP contribution is 2.16. The minimum Gasteiger partial charge on any atom is -0.350 e. The molecule has 1 amide bonds. The first-order valence-electron chi connectivity index (χ1n) is 5.81. The molecule has 0 aliphatic carbocycles. The fourth-order valence-corrected chi connectivity index (χ4v) is 1.58. The molecule has 4 heteroatoms. The van der Waals surface area contributed by atoms with Crippen LogP contribution in [0.5, 0.6) is 0 Å². The van der Waals surface area contributed by atoms with Crippen molar-refractivity contribution < 1.29 is 4.79 Å². The van der Waals surface area contributed by atoms with E-state index >= 15 is 0 Å². The van der Waals surface area contributed by atoms with Crippen LogP contribution >= 0.6 is 0 Å². The highest BCUT2D eigenvalue weighted by Gasteiger charge is 2.09. The maximum Gasteiger partial charge on any atom is 0.269 e. The number of benzene rings is 1. The molecule has 4 nitrogen and oxygen atoms in total. The fourth-order valence-electron chi connectivity index (χ4n) is 1.58. The average molecular weight is 241 g/mol. The van der Waals surface area contributed by atoms with E-state index in [9.17, 15) is 4.79 Å². The number of nitrogens with one attached hydrogen (secondary N) is 2. The van der Waals surface area contributed by atoms with Crippen molar-refractivity contribution in [2.45, 2.75) is 6.42 Å². The van der Waals surface area contributed by atoms with E-state index in [4.69, 9.17) is 0 Å². The van der Waals surface area contributed by atoms with Gasteiger partial charge in [-0.2, -0.15) is 5.10 Å². The van der Waals surface area contributed by atoms with Gasteiger partial charge in [0.2, 0.25) is 0 Å². The van der Waals surface area contributed by atoms with Crippen molar-refractivity contribution in [3.63, 3.8) is 0 Å². The maximum atomic E-state index is 11.7. The molecule has 1 aromatic heterocycles. The molecule has 2 rings (SSSR count). The van der Waals surface area contributed by atoms with E-state index in [0.717, 1.165) is 17.7 Å². The van der Waals surface area contributed by atoms with Crippen LogP contribution in [0.15, 0.2) is 49.1 Å². The topological polar surface area (TPSA) is 57.8 Å². The number of amides is 1. The summed E-state index contributed by atoms with van der Waals surface area (Å²) in [6.07, 6.45) is 2.52. The molecular weight excluding hydrogens is 226 g/mol. The number of nitrogens with zero attached hydrogens (tertiary/aromatic N) is 1. The molecule has 1 aromatic carbocycles. The van der Waals surface area contributed by atoms with Crippen LogP contribution < -0.4 is 5.32 Å². The van der Waals surface area contributed by atoms with Crippen LogP contribution in [0, 0.1) is 0 Å². The van der Waals surface area contributed by atoms with Crippen molar-refractivity contribution >= 4 is 5.91 Å². The van der Waals surface area contributed by atoms with Gasteiger partial charge in [-0.05, 0) is 12.5 Å². The van der Waals surface area contributed by atoms with Crippen LogP contribution in [0.3, 0.4) is 0 Å². The van der Waals surface area contributed by atoms with Gasteiger partial charge < -0.3 is 5.32 Å². The zero-order valence-electron chi connectivity index (χ0n) is 10.0. The highest BCUT2D eigenvalue weighted by molar-refractivity contribution is 5.93. The van der Waals surface area contributed by atoms with E-state index in [0.29, 0.717) is 12.2 Å². The van der Waals surface area contributed by atoms with Gasteiger partial charge in [0.15, 0.2) is 0 Å².